The second kappa shape index (κ2) is 12.1. The lowest BCUT2D eigenvalue weighted by Crippen LogP contribution is -2.66. The van der Waals surface area contributed by atoms with Crippen LogP contribution in [0, 0.1) is 51.8 Å². The van der Waals surface area contributed by atoms with Gasteiger partial charge in [-0.05, 0) is 123 Å². The fraction of sp³-hybridized carbons (Fsp3) is 0.892. The number of hydrogen-bond donors (Lipinski definition) is 2. The molecule has 0 amide bonds. The molecule has 7 heteroatoms. The van der Waals surface area contributed by atoms with Gasteiger partial charge >= 0.3 is 11.9 Å². The molecule has 0 aromatic carbocycles. The van der Waals surface area contributed by atoms with Gasteiger partial charge in [-0.25, -0.2) is 0 Å². The Hall–Kier alpha value is -1.18. The maximum Gasteiger partial charge on any atom is 0.306 e. The Morgan fingerprint density at radius 1 is 1.00 bits per heavy atom. The molecule has 4 saturated carbocycles. The molecule has 4 aliphatic carbocycles. The molecule has 4 rings (SSSR count). The normalized spacial score (nSPS) is 42.8. The zero-order valence-corrected chi connectivity index (χ0v) is 31.0. The van der Waals surface area contributed by atoms with Crippen molar-refractivity contribution in [2.45, 2.75) is 157 Å². The summed E-state index contributed by atoms with van der Waals surface area (Å²) in [6.07, 6.45) is 7.97. The van der Waals surface area contributed by atoms with E-state index < -0.39 is 32.4 Å². The summed E-state index contributed by atoms with van der Waals surface area (Å²) in [6, 6.07) is 0. The van der Waals surface area contributed by atoms with Crippen LogP contribution in [-0.4, -0.2) is 48.8 Å². The molecule has 0 saturated heterocycles. The lowest BCUT2D eigenvalue weighted by Gasteiger charge is -2.69. The largest absolute Gasteiger partial charge is 0.481 e. The summed E-state index contributed by atoms with van der Waals surface area (Å²) in [5, 5.41) is 22.9. The molecular weight excluding hydrogens is 568 g/mol. The number of rotatable bonds is 8. The van der Waals surface area contributed by atoms with Gasteiger partial charge in [0, 0.05) is 18.9 Å². The Morgan fingerprint density at radius 3 is 2.18 bits per heavy atom. The van der Waals surface area contributed by atoms with Gasteiger partial charge in [-0.2, -0.15) is 0 Å². The van der Waals surface area contributed by atoms with Gasteiger partial charge in [0.2, 0.25) is 0 Å². The maximum atomic E-state index is 12.9. The third-order valence-corrected chi connectivity index (χ3v) is 18.8. The fourth-order valence-electron chi connectivity index (χ4n) is 11.1. The molecule has 12 atom stereocenters. The highest BCUT2D eigenvalue weighted by Gasteiger charge is 2.72. The van der Waals surface area contributed by atoms with Crippen molar-refractivity contribution >= 4 is 20.3 Å². The Morgan fingerprint density at radius 2 is 1.64 bits per heavy atom. The number of hydrogen-bond acceptors (Lipinski definition) is 5. The number of aliphatic carboxylic acids is 1. The average Bonchev–Trinajstić information content (AvgIpc) is 3.14. The standard InChI is InChI=1S/C37H64O6Si/c1-22(2)14-13-15-25(33(40)41)31-27-20-28(39)32-35(8)18-17-29(43-44(11,12)34(5,6)7)23(3)26(35)16-19-36(32,9)37(27,10)21-30(31)42-24(4)38/h14,23,25-32,39H,13,15-21H2,1-12H3,(H,40,41)/t23-,25+,26?,27?,28+,29+,30-,31+,32-,35-,36-,37-/m0/s1. The van der Waals surface area contributed by atoms with Crippen LogP contribution in [0.3, 0.4) is 0 Å². The second-order valence-corrected chi connectivity index (χ2v) is 22.7. The first-order chi connectivity index (χ1) is 20.1. The van der Waals surface area contributed by atoms with Crippen molar-refractivity contribution in [3.8, 4) is 0 Å². The molecule has 0 bridgehead atoms. The van der Waals surface area contributed by atoms with Crippen molar-refractivity contribution in [2.75, 3.05) is 0 Å². The zero-order chi connectivity index (χ0) is 33.2. The first-order valence-electron chi connectivity index (χ1n) is 17.5. The van der Waals surface area contributed by atoms with Crippen molar-refractivity contribution in [2.24, 2.45) is 51.8 Å². The van der Waals surface area contributed by atoms with Crippen molar-refractivity contribution in [1.29, 1.82) is 0 Å². The van der Waals surface area contributed by atoms with Crippen LogP contribution in [0.5, 0.6) is 0 Å². The lowest BCUT2D eigenvalue weighted by molar-refractivity contribution is -0.239. The predicted molar refractivity (Wildman–Crippen MR) is 179 cm³/mol. The third kappa shape index (κ3) is 5.89. The van der Waals surface area contributed by atoms with Gasteiger partial charge in [0.25, 0.3) is 0 Å². The molecule has 6 nitrogen and oxygen atoms in total. The van der Waals surface area contributed by atoms with E-state index in [1.165, 1.54) is 12.5 Å². The Kier molecular flexibility index (Phi) is 9.82. The van der Waals surface area contributed by atoms with Crippen LogP contribution in [0.15, 0.2) is 11.6 Å². The summed E-state index contributed by atoms with van der Waals surface area (Å²) in [5.74, 6) is -1.12. The predicted octanol–water partition coefficient (Wildman–Crippen LogP) is 8.63. The van der Waals surface area contributed by atoms with E-state index in [-0.39, 0.29) is 51.1 Å². The van der Waals surface area contributed by atoms with Crippen LogP contribution in [-0.2, 0) is 18.8 Å². The van der Waals surface area contributed by atoms with Crippen LogP contribution >= 0.6 is 0 Å². The van der Waals surface area contributed by atoms with Crippen molar-refractivity contribution in [3.63, 3.8) is 0 Å². The van der Waals surface area contributed by atoms with Crippen LogP contribution in [0.1, 0.15) is 121 Å². The fourth-order valence-corrected chi connectivity index (χ4v) is 12.5. The molecule has 2 unspecified atom stereocenters. The lowest BCUT2D eigenvalue weighted by atomic mass is 9.36. The minimum atomic E-state index is -1.92. The molecule has 4 fully saturated rings. The molecule has 0 spiro atoms. The third-order valence-electron chi connectivity index (χ3n) is 14.3. The highest BCUT2D eigenvalue weighted by atomic mass is 28.4. The van der Waals surface area contributed by atoms with Gasteiger partial charge in [0.1, 0.15) is 6.10 Å². The Bertz CT molecular complexity index is 1120. The Labute approximate surface area is 269 Å². The second-order valence-electron chi connectivity index (χ2n) is 17.9. The van der Waals surface area contributed by atoms with Crippen LogP contribution in [0.2, 0.25) is 18.1 Å². The summed E-state index contributed by atoms with van der Waals surface area (Å²) in [6.45, 7) is 26.8. The van der Waals surface area contributed by atoms with E-state index in [1.54, 1.807) is 0 Å². The summed E-state index contributed by atoms with van der Waals surface area (Å²) in [4.78, 5) is 25.3. The van der Waals surface area contributed by atoms with E-state index in [0.717, 1.165) is 25.7 Å². The number of aliphatic hydroxyl groups excluding tert-OH is 1. The monoisotopic (exact) mass is 632 g/mol. The van der Waals surface area contributed by atoms with Crippen LogP contribution in [0.25, 0.3) is 0 Å². The minimum absolute atomic E-state index is 0.0215. The number of ether oxygens (including phenoxy) is 1. The van der Waals surface area contributed by atoms with Crippen molar-refractivity contribution in [1.82, 2.24) is 0 Å². The van der Waals surface area contributed by atoms with E-state index in [4.69, 9.17) is 9.16 Å². The highest BCUT2D eigenvalue weighted by molar-refractivity contribution is 6.74. The number of esters is 1. The molecule has 0 heterocycles. The number of carbonyl (C=O) groups excluding carboxylic acids is 1. The van der Waals surface area contributed by atoms with Crippen LogP contribution < -0.4 is 0 Å². The summed E-state index contributed by atoms with van der Waals surface area (Å²) in [5.41, 5.74) is 0.716. The van der Waals surface area contributed by atoms with Gasteiger partial charge < -0.3 is 19.4 Å². The van der Waals surface area contributed by atoms with Gasteiger partial charge in [-0.1, -0.05) is 60.1 Å². The SMILES string of the molecule is CC(=O)O[C@H]1C[C@@]2(C)C(C[C@@H](O)[C@H]3[C@@]4(C)CC[C@@H](O[Si](C)(C)C(C)(C)C)[C@@H](C)C4CC[C@@]32C)[C@H]1[C@@H](CCC=C(C)C)C(=O)O. The van der Waals surface area contributed by atoms with Crippen LogP contribution in [0.4, 0.5) is 0 Å². The number of carboxylic acids is 1. The van der Waals surface area contributed by atoms with Gasteiger partial charge in [-0.15, -0.1) is 0 Å². The van der Waals surface area contributed by atoms with Crippen molar-refractivity contribution in [3.05, 3.63) is 11.6 Å². The molecule has 44 heavy (non-hydrogen) atoms. The first kappa shape index (κ1) is 35.7. The first-order valence-corrected chi connectivity index (χ1v) is 20.4. The highest BCUT2D eigenvalue weighted by Crippen LogP contribution is 2.75. The number of carboxylic acid groups (broad SMARTS) is 1. The van der Waals surface area contributed by atoms with Gasteiger partial charge in [0.15, 0.2) is 8.32 Å². The van der Waals surface area contributed by atoms with E-state index in [2.05, 4.69) is 67.6 Å². The summed E-state index contributed by atoms with van der Waals surface area (Å²) in [7, 11) is -1.92. The summed E-state index contributed by atoms with van der Waals surface area (Å²) >= 11 is 0. The van der Waals surface area contributed by atoms with Gasteiger partial charge in [-0.3, -0.25) is 9.59 Å². The molecule has 0 aliphatic heterocycles. The molecule has 2 N–H and O–H groups in total. The molecule has 0 aromatic rings. The minimum Gasteiger partial charge on any atom is -0.481 e. The smallest absolute Gasteiger partial charge is 0.306 e. The molecule has 252 valence electrons. The number of fused-ring (bicyclic) bond motifs is 5. The Balaban J connectivity index is 1.69. The van der Waals surface area contributed by atoms with E-state index in [9.17, 15) is 19.8 Å². The van der Waals surface area contributed by atoms with E-state index in [1.807, 2.05) is 13.8 Å². The van der Waals surface area contributed by atoms with Gasteiger partial charge in [0.05, 0.1) is 12.0 Å². The number of allylic oxidation sites excluding steroid dienone is 2. The quantitative estimate of drug-likeness (QED) is 0.158. The molecular formula is C37H64O6Si. The maximum absolute atomic E-state index is 12.9. The van der Waals surface area contributed by atoms with E-state index >= 15 is 0 Å². The molecule has 0 radical (unpaired) electrons. The summed E-state index contributed by atoms with van der Waals surface area (Å²) < 4.78 is 13.1. The van der Waals surface area contributed by atoms with Crippen molar-refractivity contribution < 1.29 is 29.0 Å². The number of carbonyl (C=O) groups is 2. The topological polar surface area (TPSA) is 93.1 Å². The molecule has 4 aliphatic rings. The van der Waals surface area contributed by atoms with E-state index in [0.29, 0.717) is 37.5 Å². The molecule has 0 aromatic heterocycles. The zero-order valence-electron chi connectivity index (χ0n) is 30.0. The number of aliphatic hydroxyl groups is 1. The average molecular weight is 633 g/mol.